The Morgan fingerprint density at radius 2 is 2.07 bits per heavy atom. The molecule has 10 heteroatoms. The van der Waals surface area contributed by atoms with Crippen LogP contribution in [0.4, 0.5) is 5.13 Å². The molecule has 1 aromatic heterocycles. The molecule has 8 nitrogen and oxygen atoms in total. The number of methoxy groups -OCH3 is 1. The van der Waals surface area contributed by atoms with Crippen molar-refractivity contribution >= 4 is 37.9 Å². The Hall–Kier alpha value is -2.30. The van der Waals surface area contributed by atoms with Crippen LogP contribution in [0.15, 0.2) is 45.9 Å². The van der Waals surface area contributed by atoms with Crippen molar-refractivity contribution in [3.8, 4) is 0 Å². The SMILES string of the molecule is COC[C@@H](C)O/N=C(/C(=O)Nc1nccs1)c1ccc(S(=O)(=O)C2CC2)cc1. The predicted octanol–water partition coefficient (Wildman–Crippen LogP) is 2.47. The summed E-state index contributed by atoms with van der Waals surface area (Å²) in [5.74, 6) is -0.502. The molecule has 1 saturated carbocycles. The van der Waals surface area contributed by atoms with E-state index < -0.39 is 15.7 Å². The van der Waals surface area contributed by atoms with Crippen LogP contribution in [0.1, 0.15) is 25.3 Å². The molecule has 150 valence electrons. The van der Waals surface area contributed by atoms with Gasteiger partial charge in [0, 0.05) is 24.3 Å². The van der Waals surface area contributed by atoms with Gasteiger partial charge in [0.2, 0.25) is 0 Å². The summed E-state index contributed by atoms with van der Waals surface area (Å²) in [5, 5.41) is 8.51. The first-order chi connectivity index (χ1) is 13.4. The fourth-order valence-electron chi connectivity index (χ4n) is 2.45. The number of carbonyl (C=O) groups excluding carboxylic acids is 1. The van der Waals surface area contributed by atoms with E-state index in [1.807, 2.05) is 0 Å². The molecule has 0 saturated heterocycles. The summed E-state index contributed by atoms with van der Waals surface area (Å²) in [6.45, 7) is 2.07. The monoisotopic (exact) mass is 423 g/mol. The summed E-state index contributed by atoms with van der Waals surface area (Å²) in [4.78, 5) is 22.3. The smallest absolute Gasteiger partial charge is 0.280 e. The molecule has 1 aromatic carbocycles. The van der Waals surface area contributed by atoms with E-state index in [9.17, 15) is 13.2 Å². The number of thiazole rings is 1. The number of oxime groups is 1. The zero-order valence-electron chi connectivity index (χ0n) is 15.5. The average Bonchev–Trinajstić information content (AvgIpc) is 3.42. The standard InChI is InChI=1S/C18H21N3O5S2/c1-12(11-25-2)26-21-16(17(22)20-18-19-9-10-27-18)13-3-5-14(6-4-13)28(23,24)15-7-8-15/h3-6,9-10,12,15H,7-8,11H2,1-2H3,(H,19,20,22)/b21-16+/t12-/m1/s1. The number of hydrogen-bond donors (Lipinski definition) is 1. The van der Waals surface area contributed by atoms with Crippen LogP contribution in [-0.4, -0.2) is 50.1 Å². The lowest BCUT2D eigenvalue weighted by Gasteiger charge is -2.11. The van der Waals surface area contributed by atoms with Gasteiger partial charge in [0.15, 0.2) is 20.7 Å². The van der Waals surface area contributed by atoms with Gasteiger partial charge in [-0.3, -0.25) is 10.1 Å². The lowest BCUT2D eigenvalue weighted by molar-refractivity contribution is -0.110. The van der Waals surface area contributed by atoms with Gasteiger partial charge in [0.05, 0.1) is 16.8 Å². The highest BCUT2D eigenvalue weighted by atomic mass is 32.2. The van der Waals surface area contributed by atoms with Crippen LogP contribution in [0.25, 0.3) is 0 Å². The number of hydrogen-bond acceptors (Lipinski definition) is 8. The molecule has 1 aliphatic carbocycles. The number of benzene rings is 1. The molecule has 1 atom stereocenters. The van der Waals surface area contributed by atoms with Gasteiger partial charge in [-0.2, -0.15) is 0 Å². The molecular formula is C18H21N3O5S2. The third kappa shape index (κ3) is 4.94. The lowest BCUT2D eigenvalue weighted by atomic mass is 10.1. The van der Waals surface area contributed by atoms with Crippen LogP contribution < -0.4 is 5.32 Å². The van der Waals surface area contributed by atoms with Crippen molar-refractivity contribution in [2.45, 2.75) is 36.0 Å². The molecule has 1 aliphatic rings. The van der Waals surface area contributed by atoms with Crippen molar-refractivity contribution < 1.29 is 22.8 Å². The highest BCUT2D eigenvalue weighted by molar-refractivity contribution is 7.92. The van der Waals surface area contributed by atoms with Crippen molar-refractivity contribution in [2.75, 3.05) is 19.0 Å². The summed E-state index contributed by atoms with van der Waals surface area (Å²) in [6.07, 6.45) is 2.60. The molecule has 1 heterocycles. The maximum atomic E-state index is 12.7. The summed E-state index contributed by atoms with van der Waals surface area (Å²) in [6, 6.07) is 6.10. The second-order valence-corrected chi connectivity index (χ2v) is 9.49. The minimum absolute atomic E-state index is 0.0218. The summed E-state index contributed by atoms with van der Waals surface area (Å²) in [7, 11) is -1.76. The van der Waals surface area contributed by atoms with Crippen LogP contribution in [0.2, 0.25) is 0 Å². The van der Waals surface area contributed by atoms with Crippen molar-refractivity contribution in [3.63, 3.8) is 0 Å². The molecule has 0 bridgehead atoms. The number of carbonyl (C=O) groups is 1. The van der Waals surface area contributed by atoms with Gasteiger partial charge >= 0.3 is 0 Å². The predicted molar refractivity (Wildman–Crippen MR) is 106 cm³/mol. The quantitative estimate of drug-likeness (QED) is 0.490. The largest absolute Gasteiger partial charge is 0.390 e. The van der Waals surface area contributed by atoms with Crippen LogP contribution >= 0.6 is 11.3 Å². The number of ether oxygens (including phenoxy) is 1. The number of nitrogens with zero attached hydrogens (tertiary/aromatic N) is 2. The van der Waals surface area contributed by atoms with E-state index in [2.05, 4.69) is 15.5 Å². The van der Waals surface area contributed by atoms with E-state index in [0.717, 1.165) is 0 Å². The van der Waals surface area contributed by atoms with E-state index in [-0.39, 0.29) is 22.0 Å². The average molecular weight is 424 g/mol. The van der Waals surface area contributed by atoms with Crippen molar-refractivity contribution in [2.24, 2.45) is 5.16 Å². The number of amides is 1. The third-order valence-corrected chi connectivity index (χ3v) is 6.98. The fraction of sp³-hybridized carbons (Fsp3) is 0.389. The Kier molecular flexibility index (Phi) is 6.42. The molecule has 28 heavy (non-hydrogen) atoms. The lowest BCUT2D eigenvalue weighted by Crippen LogP contribution is -2.25. The Labute approximate surface area is 167 Å². The normalized spacial score (nSPS) is 15.9. The maximum Gasteiger partial charge on any atom is 0.280 e. The van der Waals surface area contributed by atoms with Crippen LogP contribution in [0.5, 0.6) is 0 Å². The van der Waals surface area contributed by atoms with E-state index in [0.29, 0.717) is 30.1 Å². The van der Waals surface area contributed by atoms with Gasteiger partial charge < -0.3 is 9.57 Å². The first kappa shape index (κ1) is 20.4. The molecule has 0 spiro atoms. The minimum atomic E-state index is -3.30. The van der Waals surface area contributed by atoms with Gasteiger partial charge in [-0.25, -0.2) is 13.4 Å². The zero-order valence-corrected chi connectivity index (χ0v) is 17.1. The summed E-state index contributed by atoms with van der Waals surface area (Å²) < 4.78 is 29.7. The first-order valence-electron chi connectivity index (χ1n) is 8.69. The van der Waals surface area contributed by atoms with Crippen molar-refractivity contribution in [1.29, 1.82) is 0 Å². The van der Waals surface area contributed by atoms with E-state index in [1.54, 1.807) is 37.7 Å². The van der Waals surface area contributed by atoms with Crippen molar-refractivity contribution in [3.05, 3.63) is 41.4 Å². The second-order valence-electron chi connectivity index (χ2n) is 6.37. The molecule has 0 radical (unpaired) electrons. The number of aromatic nitrogens is 1. The molecule has 1 fully saturated rings. The van der Waals surface area contributed by atoms with Gasteiger partial charge in [0.25, 0.3) is 5.91 Å². The van der Waals surface area contributed by atoms with E-state index in [1.165, 1.54) is 23.5 Å². The van der Waals surface area contributed by atoms with Crippen molar-refractivity contribution in [1.82, 2.24) is 4.98 Å². The minimum Gasteiger partial charge on any atom is -0.390 e. The topological polar surface area (TPSA) is 107 Å². The number of rotatable bonds is 9. The van der Waals surface area contributed by atoms with Gasteiger partial charge in [-0.05, 0) is 31.9 Å². The number of anilines is 1. The third-order valence-electron chi connectivity index (χ3n) is 4.01. The Morgan fingerprint density at radius 1 is 1.36 bits per heavy atom. The van der Waals surface area contributed by atoms with E-state index >= 15 is 0 Å². The first-order valence-corrected chi connectivity index (χ1v) is 11.1. The van der Waals surface area contributed by atoms with Gasteiger partial charge in [0.1, 0.15) is 6.10 Å². The van der Waals surface area contributed by atoms with E-state index in [4.69, 9.17) is 9.57 Å². The van der Waals surface area contributed by atoms with Crippen LogP contribution in [0.3, 0.4) is 0 Å². The highest BCUT2D eigenvalue weighted by Crippen LogP contribution is 2.33. The zero-order chi connectivity index (χ0) is 20.1. The molecule has 1 N–H and O–H groups in total. The molecule has 0 aliphatic heterocycles. The second kappa shape index (κ2) is 8.80. The van der Waals surface area contributed by atoms with Crippen LogP contribution in [0, 0.1) is 0 Å². The number of nitrogens with one attached hydrogen (secondary N) is 1. The fourth-order valence-corrected chi connectivity index (χ4v) is 4.63. The highest BCUT2D eigenvalue weighted by Gasteiger charge is 2.36. The molecule has 2 aromatic rings. The molecule has 0 unspecified atom stereocenters. The molecule has 3 rings (SSSR count). The maximum absolute atomic E-state index is 12.7. The number of sulfone groups is 1. The Balaban J connectivity index is 1.84. The molecular weight excluding hydrogens is 402 g/mol. The molecule has 1 amide bonds. The Morgan fingerprint density at radius 3 is 2.64 bits per heavy atom. The van der Waals surface area contributed by atoms with Crippen LogP contribution in [-0.2, 0) is 24.2 Å². The van der Waals surface area contributed by atoms with Gasteiger partial charge in [-0.1, -0.05) is 17.3 Å². The summed E-state index contributed by atoms with van der Waals surface area (Å²) in [5.41, 5.74) is 0.460. The summed E-state index contributed by atoms with van der Waals surface area (Å²) >= 11 is 1.27. The van der Waals surface area contributed by atoms with Gasteiger partial charge in [-0.15, -0.1) is 11.3 Å². The Bertz CT molecular complexity index is 936.